The maximum absolute atomic E-state index is 13.7. The van der Waals surface area contributed by atoms with Gasteiger partial charge in [-0.3, -0.25) is 0 Å². The summed E-state index contributed by atoms with van der Waals surface area (Å²) in [4.78, 5) is 0. The summed E-state index contributed by atoms with van der Waals surface area (Å²) in [7, 11) is 0. The van der Waals surface area contributed by atoms with Gasteiger partial charge in [-0.25, -0.2) is 13.5 Å². The highest BCUT2D eigenvalue weighted by Gasteiger charge is 2.20. The summed E-state index contributed by atoms with van der Waals surface area (Å²) in [5, 5.41) is 8.35. The minimum Gasteiger partial charge on any atom is -0.473 e. The summed E-state index contributed by atoms with van der Waals surface area (Å²) >= 11 is 0. The molecule has 1 fully saturated rings. The second-order valence-corrected chi connectivity index (χ2v) is 5.93. The molecule has 1 aromatic heterocycles. The second-order valence-electron chi connectivity index (χ2n) is 5.93. The number of nitrogens with zero attached hydrogens (tertiary/aromatic N) is 2. The third kappa shape index (κ3) is 2.85. The van der Waals surface area contributed by atoms with Crippen LogP contribution in [-0.2, 0) is 0 Å². The number of hydrogen-bond acceptors (Lipinski definition) is 3. The highest BCUT2D eigenvalue weighted by Crippen LogP contribution is 2.30. The number of piperidine rings is 1. The standard InChI is InChI=1S/C18H17F2N3O/c19-12-2-1-3-14(10-12)23-17-5-4-13(20)11-16(17)18(22-23)24-15-6-8-21-9-7-15/h1-5,10-11,15,21H,6-9H2. The van der Waals surface area contributed by atoms with Crippen molar-refractivity contribution in [2.45, 2.75) is 18.9 Å². The highest BCUT2D eigenvalue weighted by molar-refractivity contribution is 5.86. The fourth-order valence-corrected chi connectivity index (χ4v) is 3.03. The first-order chi connectivity index (χ1) is 11.7. The van der Waals surface area contributed by atoms with Gasteiger partial charge in [-0.1, -0.05) is 6.07 Å². The van der Waals surface area contributed by atoms with E-state index in [9.17, 15) is 8.78 Å². The lowest BCUT2D eigenvalue weighted by Crippen LogP contribution is -2.34. The van der Waals surface area contributed by atoms with Crippen molar-refractivity contribution >= 4 is 10.9 Å². The summed E-state index contributed by atoms with van der Waals surface area (Å²) in [5.41, 5.74) is 1.26. The molecular weight excluding hydrogens is 312 g/mol. The lowest BCUT2D eigenvalue weighted by molar-refractivity contribution is 0.157. The van der Waals surface area contributed by atoms with Gasteiger partial charge in [0.1, 0.15) is 17.7 Å². The van der Waals surface area contributed by atoms with Crippen LogP contribution in [0.15, 0.2) is 42.5 Å². The molecule has 3 aromatic rings. The number of rotatable bonds is 3. The molecule has 0 amide bonds. The Morgan fingerprint density at radius 3 is 2.62 bits per heavy atom. The normalized spacial score (nSPS) is 15.8. The van der Waals surface area contributed by atoms with E-state index in [2.05, 4.69) is 10.4 Å². The van der Waals surface area contributed by atoms with Gasteiger partial charge in [-0.2, -0.15) is 0 Å². The molecule has 6 heteroatoms. The van der Waals surface area contributed by atoms with E-state index in [1.54, 1.807) is 22.9 Å². The van der Waals surface area contributed by atoms with Crippen LogP contribution in [0.3, 0.4) is 0 Å². The van der Waals surface area contributed by atoms with Gasteiger partial charge in [0.15, 0.2) is 0 Å². The highest BCUT2D eigenvalue weighted by atomic mass is 19.1. The molecule has 0 unspecified atom stereocenters. The number of aromatic nitrogens is 2. The third-order valence-electron chi connectivity index (χ3n) is 4.23. The molecule has 24 heavy (non-hydrogen) atoms. The van der Waals surface area contributed by atoms with Crippen LogP contribution in [0.1, 0.15) is 12.8 Å². The number of ether oxygens (including phenoxy) is 1. The number of fused-ring (bicyclic) bond motifs is 1. The molecule has 0 atom stereocenters. The van der Waals surface area contributed by atoms with Crippen LogP contribution in [0.4, 0.5) is 8.78 Å². The first-order valence-electron chi connectivity index (χ1n) is 8.02. The fraction of sp³-hybridized carbons (Fsp3) is 0.278. The molecule has 4 nitrogen and oxygen atoms in total. The SMILES string of the molecule is Fc1cccc(-n2nc(OC3CCNCC3)c3cc(F)ccc32)c1. The number of benzene rings is 2. The second kappa shape index (κ2) is 6.20. The topological polar surface area (TPSA) is 39.1 Å². The Morgan fingerprint density at radius 1 is 1.04 bits per heavy atom. The van der Waals surface area contributed by atoms with Crippen molar-refractivity contribution in [1.29, 1.82) is 0 Å². The molecule has 2 heterocycles. The first-order valence-corrected chi connectivity index (χ1v) is 8.02. The van der Waals surface area contributed by atoms with Gasteiger partial charge in [0.05, 0.1) is 16.6 Å². The molecule has 4 rings (SSSR count). The number of halogens is 2. The average Bonchev–Trinajstić information content (AvgIpc) is 2.94. The lowest BCUT2D eigenvalue weighted by Gasteiger charge is -2.22. The van der Waals surface area contributed by atoms with Crippen molar-refractivity contribution < 1.29 is 13.5 Å². The van der Waals surface area contributed by atoms with Crippen molar-refractivity contribution in [2.24, 2.45) is 0 Å². The van der Waals surface area contributed by atoms with E-state index in [4.69, 9.17) is 4.74 Å². The van der Waals surface area contributed by atoms with Crippen molar-refractivity contribution in [3.05, 3.63) is 54.1 Å². The minimum absolute atomic E-state index is 0.0496. The van der Waals surface area contributed by atoms with Gasteiger partial charge in [0.25, 0.3) is 0 Å². The van der Waals surface area contributed by atoms with Gasteiger partial charge in [-0.15, -0.1) is 5.10 Å². The molecule has 0 bridgehead atoms. The Balaban J connectivity index is 1.80. The Bertz CT molecular complexity index is 872. The zero-order valence-electron chi connectivity index (χ0n) is 13.0. The molecule has 1 aliphatic heterocycles. The van der Waals surface area contributed by atoms with Crippen molar-refractivity contribution in [3.8, 4) is 11.6 Å². The summed E-state index contributed by atoms with van der Waals surface area (Å²) in [5.74, 6) is -0.309. The molecule has 0 saturated carbocycles. The Labute approximate surface area is 138 Å². The van der Waals surface area contributed by atoms with E-state index in [0.717, 1.165) is 25.9 Å². The third-order valence-corrected chi connectivity index (χ3v) is 4.23. The summed E-state index contributed by atoms with van der Waals surface area (Å²) in [6, 6.07) is 10.6. The van der Waals surface area contributed by atoms with Crippen LogP contribution in [0.2, 0.25) is 0 Å². The van der Waals surface area contributed by atoms with Crippen LogP contribution in [-0.4, -0.2) is 29.0 Å². The van der Waals surface area contributed by atoms with Gasteiger partial charge < -0.3 is 10.1 Å². The fourth-order valence-electron chi connectivity index (χ4n) is 3.03. The van der Waals surface area contributed by atoms with Crippen LogP contribution in [0, 0.1) is 11.6 Å². The number of nitrogens with one attached hydrogen (secondary N) is 1. The van der Waals surface area contributed by atoms with Gasteiger partial charge in [0, 0.05) is 0 Å². The smallest absolute Gasteiger partial charge is 0.241 e. The largest absolute Gasteiger partial charge is 0.473 e. The van der Waals surface area contributed by atoms with Gasteiger partial charge in [0.2, 0.25) is 5.88 Å². The molecule has 124 valence electrons. The molecule has 0 aliphatic carbocycles. The Kier molecular flexibility index (Phi) is 3.90. The predicted octanol–water partition coefficient (Wildman–Crippen LogP) is 3.43. The van der Waals surface area contributed by atoms with Crippen LogP contribution in [0.5, 0.6) is 5.88 Å². The van der Waals surface area contributed by atoms with Crippen LogP contribution in [0.25, 0.3) is 16.6 Å². The van der Waals surface area contributed by atoms with Gasteiger partial charge >= 0.3 is 0 Å². The maximum Gasteiger partial charge on any atom is 0.241 e. The van der Waals surface area contributed by atoms with Gasteiger partial charge in [-0.05, 0) is 62.3 Å². The summed E-state index contributed by atoms with van der Waals surface area (Å²) in [6.07, 6.45) is 1.81. The molecule has 1 aliphatic rings. The van der Waals surface area contributed by atoms with E-state index in [1.165, 1.54) is 24.3 Å². The monoisotopic (exact) mass is 329 g/mol. The minimum atomic E-state index is -0.351. The van der Waals surface area contributed by atoms with E-state index in [0.29, 0.717) is 22.5 Å². The zero-order chi connectivity index (χ0) is 16.5. The van der Waals surface area contributed by atoms with Crippen molar-refractivity contribution in [2.75, 3.05) is 13.1 Å². The molecule has 1 saturated heterocycles. The van der Waals surface area contributed by atoms with E-state index < -0.39 is 0 Å². The quantitative estimate of drug-likeness (QED) is 0.800. The Hall–Kier alpha value is -2.47. The molecule has 2 aromatic carbocycles. The van der Waals surface area contributed by atoms with E-state index in [1.807, 2.05) is 0 Å². The van der Waals surface area contributed by atoms with Crippen LogP contribution < -0.4 is 10.1 Å². The molecule has 1 N–H and O–H groups in total. The predicted molar refractivity (Wildman–Crippen MR) is 87.5 cm³/mol. The summed E-state index contributed by atoms with van der Waals surface area (Å²) in [6.45, 7) is 1.78. The maximum atomic E-state index is 13.7. The summed E-state index contributed by atoms with van der Waals surface area (Å²) < 4.78 is 34.9. The van der Waals surface area contributed by atoms with Crippen LogP contribution >= 0.6 is 0 Å². The van der Waals surface area contributed by atoms with Crippen molar-refractivity contribution in [1.82, 2.24) is 15.1 Å². The average molecular weight is 329 g/mol. The van der Waals surface area contributed by atoms with E-state index >= 15 is 0 Å². The molecule has 0 radical (unpaired) electrons. The number of hydrogen-bond donors (Lipinski definition) is 1. The molecular formula is C18H17F2N3O. The zero-order valence-corrected chi connectivity index (χ0v) is 13.0. The lowest BCUT2D eigenvalue weighted by atomic mass is 10.1. The Morgan fingerprint density at radius 2 is 1.83 bits per heavy atom. The molecule has 0 spiro atoms. The van der Waals surface area contributed by atoms with E-state index in [-0.39, 0.29) is 17.7 Å². The first kappa shape index (κ1) is 15.1. The van der Waals surface area contributed by atoms with Crippen molar-refractivity contribution in [3.63, 3.8) is 0 Å².